The Kier molecular flexibility index (Phi) is 4.87. The normalized spacial score (nSPS) is 11.2. The third-order valence-corrected chi connectivity index (χ3v) is 1.99. The first-order chi connectivity index (χ1) is 7.58. The second kappa shape index (κ2) is 6.19. The molecular weight excluding hydrogens is 212 g/mol. The van der Waals surface area contributed by atoms with Gasteiger partial charge in [0, 0.05) is 13.1 Å². The van der Waals surface area contributed by atoms with Gasteiger partial charge in [-0.15, -0.1) is 0 Å². The van der Waals surface area contributed by atoms with E-state index in [1.807, 2.05) is 19.0 Å². The van der Waals surface area contributed by atoms with Crippen LogP contribution in [0.4, 0.5) is 0 Å². The summed E-state index contributed by atoms with van der Waals surface area (Å²) >= 11 is 0. The number of carboxylic acid groups (broad SMARTS) is 1. The molecule has 1 aromatic rings. The Labute approximate surface area is 93.6 Å². The number of likely N-dealkylation sites (N-methyl/N-ethyl adjacent to an activating group) is 1. The second-order valence-electron chi connectivity index (χ2n) is 3.76. The Morgan fingerprint density at radius 1 is 1.50 bits per heavy atom. The van der Waals surface area contributed by atoms with Crippen LogP contribution in [0.1, 0.15) is 5.82 Å². The summed E-state index contributed by atoms with van der Waals surface area (Å²) in [6.45, 7) is 1.79. The highest BCUT2D eigenvalue weighted by Gasteiger charge is 2.12. The average Bonchev–Trinajstić information content (AvgIpc) is 2.66. The van der Waals surface area contributed by atoms with E-state index < -0.39 is 5.97 Å². The van der Waals surface area contributed by atoms with Gasteiger partial charge in [-0.05, 0) is 14.1 Å². The van der Waals surface area contributed by atoms with Gasteiger partial charge in [-0.25, -0.2) is 0 Å². The molecule has 0 bridgehead atoms. The predicted molar refractivity (Wildman–Crippen MR) is 55.8 cm³/mol. The SMILES string of the molecule is CN(C)CCN(CC(=O)O)Cc1ncon1. The van der Waals surface area contributed by atoms with E-state index in [1.54, 1.807) is 4.90 Å². The molecule has 1 rings (SSSR count). The first-order valence-electron chi connectivity index (χ1n) is 4.92. The quantitative estimate of drug-likeness (QED) is 0.674. The maximum atomic E-state index is 10.7. The highest BCUT2D eigenvalue weighted by Crippen LogP contribution is 1.98. The van der Waals surface area contributed by atoms with Gasteiger partial charge in [0.05, 0.1) is 13.1 Å². The van der Waals surface area contributed by atoms with E-state index in [4.69, 9.17) is 5.11 Å². The number of carbonyl (C=O) groups is 1. The van der Waals surface area contributed by atoms with Crippen LogP contribution in [0.3, 0.4) is 0 Å². The number of rotatable bonds is 7. The van der Waals surface area contributed by atoms with Crippen LogP contribution in [0.5, 0.6) is 0 Å². The standard InChI is InChI=1S/C9H16N4O3/c1-12(2)3-4-13(6-9(14)15)5-8-10-7-16-11-8/h7H,3-6H2,1-2H3,(H,14,15). The van der Waals surface area contributed by atoms with Crippen LogP contribution in [0.15, 0.2) is 10.9 Å². The topological polar surface area (TPSA) is 82.7 Å². The highest BCUT2D eigenvalue weighted by atomic mass is 16.5. The van der Waals surface area contributed by atoms with E-state index in [0.29, 0.717) is 18.9 Å². The molecule has 0 saturated heterocycles. The van der Waals surface area contributed by atoms with Crippen molar-refractivity contribution in [1.82, 2.24) is 19.9 Å². The van der Waals surface area contributed by atoms with Crippen LogP contribution in [0.2, 0.25) is 0 Å². The molecule has 16 heavy (non-hydrogen) atoms. The number of hydrogen-bond donors (Lipinski definition) is 1. The van der Waals surface area contributed by atoms with Gasteiger partial charge >= 0.3 is 5.97 Å². The molecule has 0 aliphatic rings. The molecule has 0 aliphatic heterocycles. The molecule has 90 valence electrons. The van der Waals surface area contributed by atoms with Gasteiger partial charge < -0.3 is 14.5 Å². The van der Waals surface area contributed by atoms with Gasteiger partial charge in [0.2, 0.25) is 6.39 Å². The lowest BCUT2D eigenvalue weighted by Crippen LogP contribution is -2.35. The molecule has 0 saturated carbocycles. The molecule has 1 N–H and O–H groups in total. The van der Waals surface area contributed by atoms with Gasteiger partial charge in [-0.3, -0.25) is 9.69 Å². The molecule has 0 unspecified atom stereocenters. The Bertz CT molecular complexity index is 313. The molecular formula is C9H16N4O3. The molecule has 0 radical (unpaired) electrons. The van der Waals surface area contributed by atoms with E-state index in [9.17, 15) is 4.79 Å². The molecule has 1 aromatic heterocycles. The minimum absolute atomic E-state index is 0.0254. The Balaban J connectivity index is 2.46. The number of aromatic nitrogens is 2. The molecule has 0 aromatic carbocycles. The second-order valence-corrected chi connectivity index (χ2v) is 3.76. The zero-order valence-corrected chi connectivity index (χ0v) is 9.46. The smallest absolute Gasteiger partial charge is 0.317 e. The largest absolute Gasteiger partial charge is 0.480 e. The van der Waals surface area contributed by atoms with E-state index in [2.05, 4.69) is 14.7 Å². The van der Waals surface area contributed by atoms with Crippen molar-refractivity contribution in [3.63, 3.8) is 0 Å². The lowest BCUT2D eigenvalue weighted by molar-refractivity contribution is -0.138. The summed E-state index contributed by atoms with van der Waals surface area (Å²) in [7, 11) is 3.88. The molecule has 0 atom stereocenters. The van der Waals surface area contributed by atoms with Crippen molar-refractivity contribution < 1.29 is 14.4 Å². The molecule has 7 nitrogen and oxygen atoms in total. The van der Waals surface area contributed by atoms with Gasteiger partial charge in [0.1, 0.15) is 0 Å². The van der Waals surface area contributed by atoms with Crippen molar-refractivity contribution in [2.24, 2.45) is 0 Å². The Hall–Kier alpha value is -1.47. The molecule has 0 fully saturated rings. The van der Waals surface area contributed by atoms with Crippen molar-refractivity contribution in [2.45, 2.75) is 6.54 Å². The fourth-order valence-electron chi connectivity index (χ4n) is 1.21. The van der Waals surface area contributed by atoms with Crippen molar-refractivity contribution in [1.29, 1.82) is 0 Å². The van der Waals surface area contributed by atoms with Crippen LogP contribution in [-0.2, 0) is 11.3 Å². The first-order valence-corrected chi connectivity index (χ1v) is 4.92. The van der Waals surface area contributed by atoms with E-state index in [0.717, 1.165) is 6.54 Å². The van der Waals surface area contributed by atoms with Gasteiger partial charge in [0.15, 0.2) is 5.82 Å². The van der Waals surface area contributed by atoms with Crippen LogP contribution in [0.25, 0.3) is 0 Å². The minimum Gasteiger partial charge on any atom is -0.480 e. The maximum absolute atomic E-state index is 10.7. The molecule has 7 heteroatoms. The summed E-state index contributed by atoms with van der Waals surface area (Å²) in [4.78, 5) is 18.3. The van der Waals surface area contributed by atoms with Crippen molar-refractivity contribution >= 4 is 5.97 Å². The summed E-state index contributed by atoms with van der Waals surface area (Å²) in [5, 5.41) is 12.4. The van der Waals surface area contributed by atoms with Crippen molar-refractivity contribution in [3.05, 3.63) is 12.2 Å². The summed E-state index contributed by atoms with van der Waals surface area (Å²) < 4.78 is 4.60. The number of hydrogen-bond acceptors (Lipinski definition) is 6. The zero-order chi connectivity index (χ0) is 12.0. The molecule has 1 heterocycles. The van der Waals surface area contributed by atoms with Crippen LogP contribution in [-0.4, -0.2) is 64.7 Å². The summed E-state index contributed by atoms with van der Waals surface area (Å²) in [5.74, 6) is -0.359. The van der Waals surface area contributed by atoms with Crippen LogP contribution < -0.4 is 0 Å². The maximum Gasteiger partial charge on any atom is 0.317 e. The van der Waals surface area contributed by atoms with E-state index in [-0.39, 0.29) is 6.54 Å². The Morgan fingerprint density at radius 3 is 2.75 bits per heavy atom. The average molecular weight is 228 g/mol. The number of aliphatic carboxylic acids is 1. The molecule has 0 amide bonds. The van der Waals surface area contributed by atoms with E-state index >= 15 is 0 Å². The fourth-order valence-corrected chi connectivity index (χ4v) is 1.21. The van der Waals surface area contributed by atoms with Crippen molar-refractivity contribution in [3.8, 4) is 0 Å². The zero-order valence-electron chi connectivity index (χ0n) is 9.46. The third-order valence-electron chi connectivity index (χ3n) is 1.99. The molecule has 0 aliphatic carbocycles. The lowest BCUT2D eigenvalue weighted by Gasteiger charge is -2.20. The van der Waals surface area contributed by atoms with Crippen LogP contribution >= 0.6 is 0 Å². The first kappa shape index (κ1) is 12.6. The summed E-state index contributed by atoms with van der Waals surface area (Å²) in [5.41, 5.74) is 0. The summed E-state index contributed by atoms with van der Waals surface area (Å²) in [6.07, 6.45) is 1.24. The minimum atomic E-state index is -0.859. The van der Waals surface area contributed by atoms with E-state index in [1.165, 1.54) is 6.39 Å². The van der Waals surface area contributed by atoms with Gasteiger partial charge in [-0.2, -0.15) is 4.98 Å². The molecule has 0 spiro atoms. The number of nitrogens with zero attached hydrogens (tertiary/aromatic N) is 4. The van der Waals surface area contributed by atoms with Gasteiger partial charge in [-0.1, -0.05) is 5.16 Å². The highest BCUT2D eigenvalue weighted by molar-refractivity contribution is 5.69. The fraction of sp³-hybridized carbons (Fsp3) is 0.667. The number of carboxylic acids is 1. The van der Waals surface area contributed by atoms with Crippen molar-refractivity contribution in [2.75, 3.05) is 33.7 Å². The monoisotopic (exact) mass is 228 g/mol. The van der Waals surface area contributed by atoms with Gasteiger partial charge in [0.25, 0.3) is 0 Å². The predicted octanol–water partition coefficient (Wildman–Crippen LogP) is -0.482. The Morgan fingerprint density at radius 2 is 2.25 bits per heavy atom. The summed E-state index contributed by atoms with van der Waals surface area (Å²) in [6, 6.07) is 0. The van der Waals surface area contributed by atoms with Crippen LogP contribution in [0, 0.1) is 0 Å². The lowest BCUT2D eigenvalue weighted by atomic mass is 10.4. The third kappa shape index (κ3) is 4.85.